The number of hydrogen-bond acceptors (Lipinski definition) is 9. The lowest BCUT2D eigenvalue weighted by Crippen LogP contribution is -2.14. The van der Waals surface area contributed by atoms with E-state index in [0.29, 0.717) is 35.2 Å². The van der Waals surface area contributed by atoms with Gasteiger partial charge in [0.25, 0.3) is 0 Å². The number of para-hydroxylation sites is 1. The minimum Gasteiger partial charge on any atom is -0.496 e. The van der Waals surface area contributed by atoms with Gasteiger partial charge in [0.15, 0.2) is 11.5 Å². The van der Waals surface area contributed by atoms with E-state index in [9.17, 15) is 4.79 Å². The van der Waals surface area contributed by atoms with Gasteiger partial charge in [0.1, 0.15) is 16.8 Å². The van der Waals surface area contributed by atoms with Crippen LogP contribution in [0.5, 0.6) is 23.1 Å². The van der Waals surface area contributed by atoms with E-state index in [4.69, 9.17) is 23.7 Å². The van der Waals surface area contributed by atoms with Crippen molar-refractivity contribution in [1.29, 1.82) is 0 Å². The van der Waals surface area contributed by atoms with Gasteiger partial charge in [-0.25, -0.2) is 4.79 Å². The Bertz CT molecular complexity index is 1640. The van der Waals surface area contributed by atoms with Crippen LogP contribution in [0.15, 0.2) is 54.6 Å². The Morgan fingerprint density at radius 1 is 0.949 bits per heavy atom. The normalized spacial score (nSPS) is 11.2. The van der Waals surface area contributed by atoms with Crippen molar-refractivity contribution in [3.8, 4) is 34.3 Å². The molecule has 3 aromatic carbocycles. The zero-order valence-electron chi connectivity index (χ0n) is 22.4. The van der Waals surface area contributed by atoms with Crippen LogP contribution in [0.4, 0.5) is 4.79 Å². The van der Waals surface area contributed by atoms with Crippen LogP contribution in [0.1, 0.15) is 26.3 Å². The molecule has 0 radical (unpaired) electrons. The van der Waals surface area contributed by atoms with Crippen molar-refractivity contribution in [1.82, 2.24) is 13.3 Å². The van der Waals surface area contributed by atoms with Crippen molar-refractivity contribution < 1.29 is 28.5 Å². The zero-order valence-corrected chi connectivity index (χ0v) is 23.2. The van der Waals surface area contributed by atoms with Gasteiger partial charge >= 0.3 is 6.16 Å². The van der Waals surface area contributed by atoms with E-state index < -0.39 is 6.16 Å². The molecule has 0 aliphatic rings. The summed E-state index contributed by atoms with van der Waals surface area (Å²) in [6, 6.07) is 17.3. The number of aromatic nitrogens is 3. The molecule has 0 bridgehead atoms. The lowest BCUT2D eigenvalue weighted by molar-refractivity contribution is 0.101. The summed E-state index contributed by atoms with van der Waals surface area (Å²) < 4.78 is 39.2. The molecule has 2 heterocycles. The van der Waals surface area contributed by atoms with Gasteiger partial charge in [0, 0.05) is 17.0 Å². The summed E-state index contributed by atoms with van der Waals surface area (Å²) in [6.45, 7) is 6.17. The topological polar surface area (TPSA) is 93.9 Å². The van der Waals surface area contributed by atoms with Crippen LogP contribution in [0.3, 0.4) is 0 Å². The fourth-order valence-corrected chi connectivity index (χ4v) is 5.07. The van der Waals surface area contributed by atoms with E-state index in [0.717, 1.165) is 44.8 Å². The Hall–Kier alpha value is -4.31. The van der Waals surface area contributed by atoms with Gasteiger partial charge in [-0.1, -0.05) is 24.3 Å². The molecule has 5 aromatic rings. The highest BCUT2D eigenvalue weighted by atomic mass is 32.1. The molecule has 0 N–H and O–H groups in total. The van der Waals surface area contributed by atoms with Gasteiger partial charge in [-0.2, -0.15) is 8.75 Å². The summed E-state index contributed by atoms with van der Waals surface area (Å²) in [5.74, 6) is 2.17. The summed E-state index contributed by atoms with van der Waals surface area (Å²) >= 11 is 1.15. The maximum absolute atomic E-state index is 12.8. The quantitative estimate of drug-likeness (QED) is 0.188. The summed E-state index contributed by atoms with van der Waals surface area (Å²) in [7, 11) is 3.23. The molecule has 202 valence electrons. The standard InChI is InChI=1S/C29H29N3O6S/c1-6-36-29(33)38-28-27(18-11-12-21-22(13-18)31-39-30-21)20-14-25(35-5)26(37-17(2)3)15-23(20)32(28)16-19-9-7-8-10-24(19)34-4/h7-15,17H,6,16H2,1-5H3. The number of ether oxygens (including phenoxy) is 5. The summed E-state index contributed by atoms with van der Waals surface area (Å²) in [6.07, 6.45) is -0.881. The molecule has 0 aliphatic heterocycles. The number of fused-ring (bicyclic) bond motifs is 2. The monoisotopic (exact) mass is 547 g/mol. The van der Waals surface area contributed by atoms with E-state index in [1.807, 2.05) is 73.0 Å². The van der Waals surface area contributed by atoms with Crippen LogP contribution < -0.4 is 18.9 Å². The molecular weight excluding hydrogens is 518 g/mol. The van der Waals surface area contributed by atoms with Crippen molar-refractivity contribution in [2.75, 3.05) is 20.8 Å². The average molecular weight is 548 g/mol. The van der Waals surface area contributed by atoms with Crippen molar-refractivity contribution >= 4 is 39.8 Å². The second kappa shape index (κ2) is 11.2. The van der Waals surface area contributed by atoms with Crippen molar-refractivity contribution in [3.63, 3.8) is 0 Å². The van der Waals surface area contributed by atoms with Crippen LogP contribution in [0.2, 0.25) is 0 Å². The first-order valence-corrected chi connectivity index (χ1v) is 13.3. The first kappa shape index (κ1) is 26.3. The maximum atomic E-state index is 12.8. The zero-order chi connectivity index (χ0) is 27.5. The molecule has 39 heavy (non-hydrogen) atoms. The summed E-state index contributed by atoms with van der Waals surface area (Å²) in [5.41, 5.74) is 4.72. The van der Waals surface area contributed by atoms with E-state index in [1.54, 1.807) is 21.1 Å². The van der Waals surface area contributed by atoms with Crippen LogP contribution in [-0.2, 0) is 11.3 Å². The van der Waals surface area contributed by atoms with Crippen LogP contribution >= 0.6 is 11.7 Å². The van der Waals surface area contributed by atoms with Crippen LogP contribution in [0, 0.1) is 0 Å². The van der Waals surface area contributed by atoms with Gasteiger partial charge in [-0.15, -0.1) is 0 Å². The molecule has 0 fully saturated rings. The van der Waals surface area contributed by atoms with Gasteiger partial charge in [-0.3, -0.25) is 0 Å². The third-order valence-electron chi connectivity index (χ3n) is 6.17. The Balaban J connectivity index is 1.83. The first-order valence-electron chi connectivity index (χ1n) is 12.5. The number of benzene rings is 3. The predicted octanol–water partition coefficient (Wildman–Crippen LogP) is 6.70. The minimum absolute atomic E-state index is 0.0803. The molecule has 0 atom stereocenters. The third kappa shape index (κ3) is 5.20. The van der Waals surface area contributed by atoms with E-state index in [2.05, 4.69) is 8.75 Å². The lowest BCUT2D eigenvalue weighted by atomic mass is 10.0. The molecule has 0 saturated heterocycles. The first-order chi connectivity index (χ1) is 18.9. The summed E-state index contributed by atoms with van der Waals surface area (Å²) in [4.78, 5) is 12.8. The highest BCUT2D eigenvalue weighted by Gasteiger charge is 2.26. The lowest BCUT2D eigenvalue weighted by Gasteiger charge is -2.16. The second-order valence-electron chi connectivity index (χ2n) is 9.02. The number of carbonyl (C=O) groups excluding carboxylic acids is 1. The van der Waals surface area contributed by atoms with E-state index >= 15 is 0 Å². The molecule has 9 nitrogen and oxygen atoms in total. The summed E-state index contributed by atoms with van der Waals surface area (Å²) in [5, 5.41) is 0.805. The number of nitrogens with zero attached hydrogens (tertiary/aromatic N) is 3. The molecular formula is C29H29N3O6S. The molecule has 0 spiro atoms. The predicted molar refractivity (Wildman–Crippen MR) is 150 cm³/mol. The third-order valence-corrected chi connectivity index (χ3v) is 6.73. The Labute approximate surface area is 230 Å². The van der Waals surface area contributed by atoms with Crippen molar-refractivity contribution in [2.24, 2.45) is 0 Å². The molecule has 0 amide bonds. The average Bonchev–Trinajstić information content (AvgIpc) is 3.50. The maximum Gasteiger partial charge on any atom is 0.515 e. The number of hydrogen-bond donors (Lipinski definition) is 0. The fourth-order valence-electron chi connectivity index (χ4n) is 4.55. The smallest absolute Gasteiger partial charge is 0.496 e. The SMILES string of the molecule is CCOC(=O)Oc1c(-c2ccc3nsnc3c2)c2cc(OC)c(OC(C)C)cc2n1Cc1ccccc1OC. The molecule has 0 aliphatic carbocycles. The Morgan fingerprint density at radius 3 is 2.46 bits per heavy atom. The highest BCUT2D eigenvalue weighted by molar-refractivity contribution is 7.00. The van der Waals surface area contributed by atoms with Crippen LogP contribution in [0.25, 0.3) is 33.1 Å². The van der Waals surface area contributed by atoms with Gasteiger partial charge in [0.05, 0.1) is 56.3 Å². The Kier molecular flexibility index (Phi) is 7.56. The molecule has 10 heteroatoms. The van der Waals surface area contributed by atoms with Crippen molar-refractivity contribution in [2.45, 2.75) is 33.4 Å². The highest BCUT2D eigenvalue weighted by Crippen LogP contribution is 2.46. The molecule has 0 saturated carbocycles. The minimum atomic E-state index is -0.801. The second-order valence-corrected chi connectivity index (χ2v) is 9.55. The van der Waals surface area contributed by atoms with Gasteiger partial charge < -0.3 is 28.3 Å². The van der Waals surface area contributed by atoms with E-state index in [-0.39, 0.29) is 12.7 Å². The van der Waals surface area contributed by atoms with Crippen LogP contribution in [-0.4, -0.2) is 46.4 Å². The van der Waals surface area contributed by atoms with Crippen molar-refractivity contribution in [3.05, 3.63) is 60.2 Å². The fraction of sp³-hybridized carbons (Fsp3) is 0.276. The largest absolute Gasteiger partial charge is 0.515 e. The van der Waals surface area contributed by atoms with E-state index in [1.165, 1.54) is 0 Å². The number of methoxy groups -OCH3 is 2. The number of carbonyl (C=O) groups is 1. The van der Waals surface area contributed by atoms with Gasteiger partial charge in [0.2, 0.25) is 5.88 Å². The number of rotatable bonds is 9. The molecule has 5 rings (SSSR count). The van der Waals surface area contributed by atoms with Gasteiger partial charge in [-0.05, 0) is 50.6 Å². The molecule has 2 aromatic heterocycles. The molecule has 0 unspecified atom stereocenters. The Morgan fingerprint density at radius 2 is 1.72 bits per heavy atom.